The summed E-state index contributed by atoms with van der Waals surface area (Å²) in [5, 5.41) is 6.03. The first-order chi connectivity index (χ1) is 15.8. The fraction of sp³-hybridized carbons (Fsp3) is 0.654. The van der Waals surface area contributed by atoms with Crippen molar-refractivity contribution in [3.63, 3.8) is 0 Å². The maximum Gasteiger partial charge on any atom is 0.307 e. The van der Waals surface area contributed by atoms with Gasteiger partial charge in [0.1, 0.15) is 0 Å². The summed E-state index contributed by atoms with van der Waals surface area (Å²) >= 11 is 0. The monoisotopic (exact) mass is 459 g/mol. The highest BCUT2D eigenvalue weighted by Gasteiger charge is 2.46. The van der Waals surface area contributed by atoms with Crippen molar-refractivity contribution in [1.82, 2.24) is 15.5 Å². The molecule has 0 unspecified atom stereocenters. The Kier molecular flexibility index (Phi) is 10.8. The molecule has 7 nitrogen and oxygen atoms in total. The minimum absolute atomic E-state index is 0.0598. The number of hydrogen-bond donors (Lipinski definition) is 2. The highest BCUT2D eigenvalue weighted by molar-refractivity contribution is 5.81. The van der Waals surface area contributed by atoms with E-state index in [2.05, 4.69) is 64.5 Å². The fourth-order valence-corrected chi connectivity index (χ4v) is 4.73. The second kappa shape index (κ2) is 13.3. The summed E-state index contributed by atoms with van der Waals surface area (Å²) in [5.74, 6) is 1.41. The van der Waals surface area contributed by atoms with Gasteiger partial charge in [0.15, 0.2) is 0 Å². The fourth-order valence-electron chi connectivity index (χ4n) is 4.73. The van der Waals surface area contributed by atoms with E-state index in [0.29, 0.717) is 13.1 Å². The third kappa shape index (κ3) is 8.46. The van der Waals surface area contributed by atoms with Crippen molar-refractivity contribution in [2.24, 2.45) is 11.8 Å². The van der Waals surface area contributed by atoms with Crippen LogP contribution >= 0.6 is 0 Å². The predicted octanol–water partition coefficient (Wildman–Crippen LogP) is 3.48. The van der Waals surface area contributed by atoms with Gasteiger partial charge in [0.05, 0.1) is 25.7 Å². The molecule has 1 heterocycles. The number of allylic oxidation sites excluding steroid dienone is 5. The van der Waals surface area contributed by atoms with Gasteiger partial charge in [-0.15, -0.1) is 0 Å². The Bertz CT molecular complexity index is 761. The second-order valence-corrected chi connectivity index (χ2v) is 9.37. The molecule has 0 aromatic rings. The van der Waals surface area contributed by atoms with Gasteiger partial charge >= 0.3 is 5.97 Å². The van der Waals surface area contributed by atoms with Crippen LogP contribution in [-0.2, 0) is 19.1 Å². The smallest absolute Gasteiger partial charge is 0.307 e. The number of amides is 2. The first-order valence-corrected chi connectivity index (χ1v) is 12.2. The normalized spacial score (nSPS) is 24.3. The van der Waals surface area contributed by atoms with Crippen LogP contribution in [0.25, 0.3) is 0 Å². The van der Waals surface area contributed by atoms with Crippen LogP contribution in [0, 0.1) is 11.8 Å². The van der Waals surface area contributed by atoms with E-state index in [0.717, 1.165) is 44.1 Å². The van der Waals surface area contributed by atoms with Crippen LogP contribution in [-0.4, -0.2) is 55.1 Å². The molecule has 1 saturated heterocycles. The molecular weight excluding hydrogens is 418 g/mol. The van der Waals surface area contributed by atoms with E-state index >= 15 is 0 Å². The van der Waals surface area contributed by atoms with E-state index in [1.807, 2.05) is 0 Å². The number of hydrogen-bond acceptors (Lipinski definition) is 5. The molecule has 0 radical (unpaired) electrons. The van der Waals surface area contributed by atoms with E-state index in [9.17, 15) is 14.4 Å². The molecule has 0 aromatic carbocycles. The van der Waals surface area contributed by atoms with E-state index in [1.165, 1.54) is 32.4 Å². The molecule has 3 rings (SSSR count). The lowest BCUT2D eigenvalue weighted by molar-refractivity contribution is -0.140. The number of ether oxygens (including phenoxy) is 1. The van der Waals surface area contributed by atoms with Gasteiger partial charge in [0.25, 0.3) is 0 Å². The summed E-state index contributed by atoms with van der Waals surface area (Å²) in [6.07, 6.45) is 17.7. The van der Waals surface area contributed by atoms with Crippen LogP contribution in [0.5, 0.6) is 0 Å². The number of carbonyl (C=O) groups is 3. The summed E-state index contributed by atoms with van der Waals surface area (Å²) in [4.78, 5) is 35.2. The molecule has 7 heteroatoms. The topological polar surface area (TPSA) is 87.7 Å². The standard InChI is InChI=1S/C20H30N2O.C6H11NO3/c1-16(2)18-9-12-20(13-10-18)21-15-19(23)22(20)14-11-17-7-5-3-4-6-8-17;1-5(8)7-4-3-6(9)10-2/h3-5,7-8,16,18,21H,6,9-15H2,1-2H3;3-4H2,1-2H3,(H,7,8). The molecule has 0 atom stereocenters. The molecule has 1 spiro atoms. The Balaban J connectivity index is 0.000000328. The molecule has 33 heavy (non-hydrogen) atoms. The van der Waals surface area contributed by atoms with E-state index in [1.54, 1.807) is 0 Å². The summed E-state index contributed by atoms with van der Waals surface area (Å²) < 4.78 is 4.34. The third-order valence-electron chi connectivity index (χ3n) is 6.82. The maximum absolute atomic E-state index is 12.4. The Hall–Kier alpha value is -2.41. The van der Waals surface area contributed by atoms with Crippen molar-refractivity contribution in [2.45, 2.75) is 71.4 Å². The highest BCUT2D eigenvalue weighted by Crippen LogP contribution is 2.39. The molecule has 2 aliphatic carbocycles. The van der Waals surface area contributed by atoms with Gasteiger partial charge in [-0.05, 0) is 55.9 Å². The SMILES string of the molecule is CC(C)C1CCC2(CC1)NCC(=O)N2CCC1=CCC=CC=C1.COC(=O)CCNC(C)=O. The summed E-state index contributed by atoms with van der Waals surface area (Å²) in [5.41, 5.74) is 1.29. The largest absolute Gasteiger partial charge is 0.469 e. The Morgan fingerprint density at radius 1 is 1.27 bits per heavy atom. The van der Waals surface area contributed by atoms with Crippen LogP contribution in [0.2, 0.25) is 0 Å². The second-order valence-electron chi connectivity index (χ2n) is 9.37. The maximum atomic E-state index is 12.4. The molecular formula is C26H41N3O4. The Morgan fingerprint density at radius 2 is 2.00 bits per heavy atom. The number of nitrogens with zero attached hydrogens (tertiary/aromatic N) is 1. The molecule has 184 valence electrons. The molecule has 3 aliphatic rings. The molecule has 0 bridgehead atoms. The van der Waals surface area contributed by atoms with Gasteiger partial charge < -0.3 is 15.0 Å². The summed E-state index contributed by atoms with van der Waals surface area (Å²) in [6, 6.07) is 0. The van der Waals surface area contributed by atoms with Crippen molar-refractivity contribution in [1.29, 1.82) is 0 Å². The predicted molar refractivity (Wildman–Crippen MR) is 130 cm³/mol. The number of esters is 1. The zero-order valence-corrected chi connectivity index (χ0v) is 20.7. The Morgan fingerprint density at radius 3 is 2.64 bits per heavy atom. The quantitative estimate of drug-likeness (QED) is 0.569. The molecule has 2 fully saturated rings. The molecule has 1 aliphatic heterocycles. The lowest BCUT2D eigenvalue weighted by Gasteiger charge is -2.44. The molecule has 2 N–H and O–H groups in total. The minimum Gasteiger partial charge on any atom is -0.469 e. The lowest BCUT2D eigenvalue weighted by Crippen LogP contribution is -2.54. The average molecular weight is 460 g/mol. The van der Waals surface area contributed by atoms with Crippen molar-refractivity contribution in [3.8, 4) is 0 Å². The van der Waals surface area contributed by atoms with E-state index in [4.69, 9.17) is 0 Å². The molecule has 2 amide bonds. The number of carbonyl (C=O) groups excluding carboxylic acids is 3. The van der Waals surface area contributed by atoms with E-state index < -0.39 is 0 Å². The van der Waals surface area contributed by atoms with Crippen molar-refractivity contribution in [2.75, 3.05) is 26.7 Å². The van der Waals surface area contributed by atoms with Crippen LogP contribution in [0.4, 0.5) is 0 Å². The van der Waals surface area contributed by atoms with Gasteiger partial charge in [-0.3, -0.25) is 19.7 Å². The van der Waals surface area contributed by atoms with Gasteiger partial charge in [-0.25, -0.2) is 0 Å². The van der Waals surface area contributed by atoms with Crippen LogP contribution in [0.3, 0.4) is 0 Å². The Labute approximate surface area is 198 Å². The van der Waals surface area contributed by atoms with Crippen LogP contribution in [0.15, 0.2) is 36.0 Å². The van der Waals surface area contributed by atoms with Crippen LogP contribution < -0.4 is 10.6 Å². The van der Waals surface area contributed by atoms with E-state index in [-0.39, 0.29) is 29.9 Å². The summed E-state index contributed by atoms with van der Waals surface area (Å²) in [7, 11) is 1.32. The van der Waals surface area contributed by atoms with Gasteiger partial charge in [-0.1, -0.05) is 44.2 Å². The van der Waals surface area contributed by atoms with Gasteiger partial charge in [-0.2, -0.15) is 0 Å². The van der Waals surface area contributed by atoms with Crippen LogP contribution in [0.1, 0.15) is 65.7 Å². The van der Waals surface area contributed by atoms with Gasteiger partial charge in [0.2, 0.25) is 11.8 Å². The minimum atomic E-state index is -0.311. The van der Waals surface area contributed by atoms with Gasteiger partial charge in [0, 0.05) is 20.0 Å². The average Bonchev–Trinajstić information content (AvgIpc) is 2.96. The molecule has 0 aromatic heterocycles. The van der Waals surface area contributed by atoms with Crippen molar-refractivity contribution >= 4 is 17.8 Å². The third-order valence-corrected chi connectivity index (χ3v) is 6.82. The number of methoxy groups -OCH3 is 1. The van der Waals surface area contributed by atoms with Crippen molar-refractivity contribution < 1.29 is 19.1 Å². The zero-order chi connectivity index (χ0) is 24.3. The van der Waals surface area contributed by atoms with Crippen molar-refractivity contribution in [3.05, 3.63) is 36.0 Å². The lowest BCUT2D eigenvalue weighted by atomic mass is 9.76. The summed E-state index contributed by atoms with van der Waals surface area (Å²) in [6.45, 7) is 7.76. The first-order valence-electron chi connectivity index (χ1n) is 12.2. The number of nitrogens with one attached hydrogen (secondary N) is 2. The number of rotatable bonds is 7. The first kappa shape index (κ1) is 26.8. The highest BCUT2D eigenvalue weighted by atomic mass is 16.5. The molecule has 1 saturated carbocycles. The zero-order valence-electron chi connectivity index (χ0n) is 20.7.